The zero-order valence-corrected chi connectivity index (χ0v) is 17.0. The molecule has 0 aromatic carbocycles. The first-order chi connectivity index (χ1) is 12.3. The van der Waals surface area contributed by atoms with E-state index in [0.29, 0.717) is 6.04 Å². The summed E-state index contributed by atoms with van der Waals surface area (Å²) >= 11 is 0. The SMILES string of the molecule is NC1CCCCCCC(NC2CCCCCCCCCC2)CCCC1. The van der Waals surface area contributed by atoms with E-state index in [1.54, 1.807) is 0 Å². The van der Waals surface area contributed by atoms with Gasteiger partial charge in [-0.05, 0) is 38.5 Å². The van der Waals surface area contributed by atoms with Gasteiger partial charge in [-0.15, -0.1) is 0 Å². The van der Waals surface area contributed by atoms with Crippen molar-refractivity contribution >= 4 is 0 Å². The van der Waals surface area contributed by atoms with Crippen molar-refractivity contribution < 1.29 is 0 Å². The first-order valence-corrected chi connectivity index (χ1v) is 11.9. The molecule has 2 aliphatic carbocycles. The van der Waals surface area contributed by atoms with Crippen molar-refractivity contribution in [2.75, 3.05) is 0 Å². The third-order valence-corrected chi connectivity index (χ3v) is 6.58. The predicted molar refractivity (Wildman–Crippen MR) is 111 cm³/mol. The fourth-order valence-electron chi connectivity index (χ4n) is 4.89. The molecule has 0 amide bonds. The molecule has 2 unspecified atom stereocenters. The van der Waals surface area contributed by atoms with E-state index in [0.717, 1.165) is 12.1 Å². The van der Waals surface area contributed by atoms with Crippen LogP contribution < -0.4 is 11.1 Å². The number of rotatable bonds is 2. The van der Waals surface area contributed by atoms with Gasteiger partial charge in [-0.3, -0.25) is 0 Å². The van der Waals surface area contributed by atoms with Crippen LogP contribution in [0.1, 0.15) is 128 Å². The van der Waals surface area contributed by atoms with E-state index in [-0.39, 0.29) is 0 Å². The molecule has 2 heteroatoms. The van der Waals surface area contributed by atoms with Crippen molar-refractivity contribution in [2.45, 2.75) is 147 Å². The van der Waals surface area contributed by atoms with Gasteiger partial charge in [0, 0.05) is 18.1 Å². The minimum atomic E-state index is 0.466. The topological polar surface area (TPSA) is 38.0 Å². The fraction of sp³-hybridized carbons (Fsp3) is 1.00. The lowest BCUT2D eigenvalue weighted by atomic mass is 9.94. The monoisotopic (exact) mass is 350 g/mol. The van der Waals surface area contributed by atoms with E-state index in [4.69, 9.17) is 5.73 Å². The van der Waals surface area contributed by atoms with Gasteiger partial charge in [0.25, 0.3) is 0 Å². The van der Waals surface area contributed by atoms with E-state index < -0.39 is 0 Å². The zero-order valence-electron chi connectivity index (χ0n) is 17.0. The summed E-state index contributed by atoms with van der Waals surface area (Å²) in [6.07, 6.45) is 28.1. The van der Waals surface area contributed by atoms with Crippen LogP contribution in [0.4, 0.5) is 0 Å². The summed E-state index contributed by atoms with van der Waals surface area (Å²) in [5.74, 6) is 0. The number of hydrogen-bond acceptors (Lipinski definition) is 2. The molecule has 0 saturated heterocycles. The van der Waals surface area contributed by atoms with Crippen molar-refractivity contribution in [1.29, 1.82) is 0 Å². The number of nitrogens with two attached hydrogens (primary N) is 1. The van der Waals surface area contributed by atoms with Gasteiger partial charge >= 0.3 is 0 Å². The highest BCUT2D eigenvalue weighted by molar-refractivity contribution is 4.76. The molecule has 0 aromatic rings. The molecule has 0 bridgehead atoms. The van der Waals surface area contributed by atoms with Crippen molar-refractivity contribution in [1.82, 2.24) is 5.32 Å². The Labute approximate surface area is 158 Å². The Morgan fingerprint density at radius 3 is 1.12 bits per heavy atom. The second kappa shape index (κ2) is 14.0. The summed E-state index contributed by atoms with van der Waals surface area (Å²) in [6.45, 7) is 0. The second-order valence-corrected chi connectivity index (χ2v) is 9.00. The highest BCUT2D eigenvalue weighted by atomic mass is 14.9. The Morgan fingerprint density at radius 1 is 0.400 bits per heavy atom. The molecule has 148 valence electrons. The van der Waals surface area contributed by atoms with Crippen LogP contribution in [-0.4, -0.2) is 18.1 Å². The maximum absolute atomic E-state index is 6.26. The maximum Gasteiger partial charge on any atom is 0.00696 e. The fourth-order valence-corrected chi connectivity index (χ4v) is 4.89. The quantitative estimate of drug-likeness (QED) is 0.599. The molecule has 2 saturated carbocycles. The summed E-state index contributed by atoms with van der Waals surface area (Å²) < 4.78 is 0. The van der Waals surface area contributed by atoms with Gasteiger partial charge in [0.05, 0.1) is 0 Å². The molecular weight excluding hydrogens is 304 g/mol. The summed E-state index contributed by atoms with van der Waals surface area (Å²) in [6, 6.07) is 2.03. The Kier molecular flexibility index (Phi) is 11.9. The van der Waals surface area contributed by atoms with Gasteiger partial charge in [0.2, 0.25) is 0 Å². The predicted octanol–water partition coefficient (Wildman–Crippen LogP) is 6.47. The Hall–Kier alpha value is -0.0800. The molecule has 0 radical (unpaired) electrons. The van der Waals surface area contributed by atoms with Crippen LogP contribution in [0.5, 0.6) is 0 Å². The molecule has 2 atom stereocenters. The van der Waals surface area contributed by atoms with Gasteiger partial charge in [-0.1, -0.05) is 89.9 Å². The minimum absolute atomic E-state index is 0.466. The maximum atomic E-state index is 6.26. The zero-order chi connectivity index (χ0) is 17.6. The molecule has 3 N–H and O–H groups in total. The molecule has 2 aliphatic rings. The van der Waals surface area contributed by atoms with E-state index in [1.807, 2.05) is 0 Å². The number of hydrogen-bond donors (Lipinski definition) is 2. The lowest BCUT2D eigenvalue weighted by Crippen LogP contribution is -2.38. The van der Waals surface area contributed by atoms with Crippen LogP contribution in [0.15, 0.2) is 0 Å². The van der Waals surface area contributed by atoms with Gasteiger partial charge < -0.3 is 11.1 Å². The highest BCUT2D eigenvalue weighted by Gasteiger charge is 2.16. The molecular formula is C23H46N2. The largest absolute Gasteiger partial charge is 0.328 e. The van der Waals surface area contributed by atoms with Crippen LogP contribution in [0.25, 0.3) is 0 Å². The molecule has 0 spiro atoms. The third-order valence-electron chi connectivity index (χ3n) is 6.58. The molecule has 0 aromatic heterocycles. The Bertz CT molecular complexity index is 292. The van der Waals surface area contributed by atoms with Crippen LogP contribution in [0.2, 0.25) is 0 Å². The van der Waals surface area contributed by atoms with Crippen LogP contribution in [-0.2, 0) is 0 Å². The van der Waals surface area contributed by atoms with Gasteiger partial charge in [0.15, 0.2) is 0 Å². The first-order valence-electron chi connectivity index (χ1n) is 11.9. The molecule has 0 heterocycles. The lowest BCUT2D eigenvalue weighted by Gasteiger charge is -2.27. The third kappa shape index (κ3) is 10.6. The van der Waals surface area contributed by atoms with E-state index in [9.17, 15) is 0 Å². The molecule has 2 nitrogen and oxygen atoms in total. The smallest absolute Gasteiger partial charge is 0.00696 e. The van der Waals surface area contributed by atoms with E-state index in [1.165, 1.54) is 128 Å². The summed E-state index contributed by atoms with van der Waals surface area (Å²) in [5, 5.41) is 4.13. The van der Waals surface area contributed by atoms with E-state index >= 15 is 0 Å². The normalized spacial score (nSPS) is 30.6. The molecule has 0 aliphatic heterocycles. The van der Waals surface area contributed by atoms with Crippen LogP contribution in [0, 0.1) is 0 Å². The second-order valence-electron chi connectivity index (χ2n) is 9.00. The number of nitrogens with one attached hydrogen (secondary N) is 1. The summed E-state index contributed by atoms with van der Waals surface area (Å²) in [7, 11) is 0. The average molecular weight is 351 g/mol. The Balaban J connectivity index is 1.77. The van der Waals surface area contributed by atoms with Crippen LogP contribution in [0.3, 0.4) is 0 Å². The van der Waals surface area contributed by atoms with Crippen LogP contribution >= 0.6 is 0 Å². The van der Waals surface area contributed by atoms with Gasteiger partial charge in [-0.25, -0.2) is 0 Å². The van der Waals surface area contributed by atoms with Gasteiger partial charge in [0.1, 0.15) is 0 Å². The average Bonchev–Trinajstić information content (AvgIpc) is 2.66. The van der Waals surface area contributed by atoms with E-state index in [2.05, 4.69) is 5.32 Å². The Morgan fingerprint density at radius 2 is 0.680 bits per heavy atom. The first kappa shape index (κ1) is 21.2. The minimum Gasteiger partial charge on any atom is -0.328 e. The molecule has 2 fully saturated rings. The van der Waals surface area contributed by atoms with Crippen molar-refractivity contribution in [3.05, 3.63) is 0 Å². The lowest BCUT2D eigenvalue weighted by molar-refractivity contribution is 0.328. The molecule has 25 heavy (non-hydrogen) atoms. The molecule has 2 rings (SSSR count). The van der Waals surface area contributed by atoms with Crippen molar-refractivity contribution in [2.24, 2.45) is 5.73 Å². The van der Waals surface area contributed by atoms with Crippen molar-refractivity contribution in [3.63, 3.8) is 0 Å². The van der Waals surface area contributed by atoms with Crippen molar-refractivity contribution in [3.8, 4) is 0 Å². The van der Waals surface area contributed by atoms with Gasteiger partial charge in [-0.2, -0.15) is 0 Å². The standard InChI is InChI=1S/C23H46N2/c24-21-15-9-7-8-12-19-23(20-14-13-16-21)25-22-17-10-5-3-1-2-4-6-11-18-22/h21-23,25H,1-20,24H2. The summed E-state index contributed by atoms with van der Waals surface area (Å²) in [5.41, 5.74) is 6.26. The summed E-state index contributed by atoms with van der Waals surface area (Å²) in [4.78, 5) is 0. The highest BCUT2D eigenvalue weighted by Crippen LogP contribution is 2.21.